The van der Waals surface area contributed by atoms with Crippen molar-refractivity contribution in [2.75, 3.05) is 24.2 Å². The van der Waals surface area contributed by atoms with Gasteiger partial charge in [0.2, 0.25) is 5.13 Å². The lowest BCUT2D eigenvalue weighted by Gasteiger charge is -2.39. The van der Waals surface area contributed by atoms with Gasteiger partial charge in [-0.1, -0.05) is 63.1 Å². The maximum atomic E-state index is 12.7. The topological polar surface area (TPSA) is 84.4 Å². The monoisotopic (exact) mass is 466 g/mol. The van der Waals surface area contributed by atoms with Gasteiger partial charge in [-0.15, -0.1) is 10.2 Å². The fourth-order valence-electron chi connectivity index (χ4n) is 5.89. The number of hydrogen-bond acceptors (Lipinski definition) is 8. The van der Waals surface area contributed by atoms with Crippen LogP contribution in [0.3, 0.4) is 0 Å². The Morgan fingerprint density at radius 1 is 1.19 bits per heavy atom. The van der Waals surface area contributed by atoms with Gasteiger partial charge in [0.15, 0.2) is 10.9 Å². The van der Waals surface area contributed by atoms with E-state index in [1.54, 1.807) is 0 Å². The van der Waals surface area contributed by atoms with E-state index in [4.69, 9.17) is 4.74 Å². The molecule has 31 heavy (non-hydrogen) atoms. The van der Waals surface area contributed by atoms with Gasteiger partial charge in [0, 0.05) is 18.6 Å². The zero-order chi connectivity index (χ0) is 22.1. The lowest BCUT2D eigenvalue weighted by molar-refractivity contribution is -0.150. The van der Waals surface area contributed by atoms with Crippen LogP contribution < -0.4 is 5.32 Å². The number of fused-ring (bicyclic) bond motifs is 2. The van der Waals surface area contributed by atoms with Crippen molar-refractivity contribution in [3.05, 3.63) is 0 Å². The van der Waals surface area contributed by atoms with E-state index in [0.29, 0.717) is 6.04 Å². The predicted octanol–water partition coefficient (Wildman–Crippen LogP) is 4.35. The molecule has 0 spiro atoms. The third-order valence-electron chi connectivity index (χ3n) is 6.74. The van der Waals surface area contributed by atoms with E-state index >= 15 is 0 Å². The van der Waals surface area contributed by atoms with Gasteiger partial charge in [0.25, 0.3) is 5.91 Å². The number of amides is 1. The quantitative estimate of drug-likeness (QED) is 0.472. The number of nitrogens with zero attached hydrogens (tertiary/aromatic N) is 3. The Balaban J connectivity index is 1.19. The molecule has 2 unspecified atom stereocenters. The Bertz CT molecular complexity index is 808. The summed E-state index contributed by atoms with van der Waals surface area (Å²) < 4.78 is 6.03. The van der Waals surface area contributed by atoms with Crippen molar-refractivity contribution in [3.8, 4) is 0 Å². The molecule has 1 N–H and O–H groups in total. The Labute approximate surface area is 193 Å². The normalized spacial score (nSPS) is 27.8. The molecule has 1 aliphatic heterocycles. The molecule has 2 atom stereocenters. The fraction of sp³-hybridized carbons (Fsp3) is 0.818. The number of carbonyl (C=O) groups excluding carboxylic acids is 2. The summed E-state index contributed by atoms with van der Waals surface area (Å²) >= 11 is 2.79. The van der Waals surface area contributed by atoms with E-state index in [2.05, 4.69) is 36.3 Å². The van der Waals surface area contributed by atoms with E-state index in [-0.39, 0.29) is 41.1 Å². The van der Waals surface area contributed by atoms with Crippen LogP contribution >= 0.6 is 23.1 Å². The van der Waals surface area contributed by atoms with E-state index in [9.17, 15) is 9.59 Å². The standard InChI is InChI=1S/C22H34N4O3S2/c1-21(2)9-16-10-22(3,13-21)14-26(16)17(27)11-29-18(28)12-30-20-25-24-19(31-20)23-15-7-5-4-6-8-15/h15-16H,4-14H2,1-3H3,(H,23,24). The molecule has 1 amide bonds. The third-order valence-corrected chi connectivity index (χ3v) is 8.71. The Hall–Kier alpha value is -1.35. The van der Waals surface area contributed by atoms with Gasteiger partial charge in [-0.3, -0.25) is 9.59 Å². The van der Waals surface area contributed by atoms with Crippen LogP contribution in [0.1, 0.15) is 72.1 Å². The average Bonchev–Trinajstić information content (AvgIpc) is 3.25. The van der Waals surface area contributed by atoms with Crippen LogP contribution in [0.15, 0.2) is 4.34 Å². The van der Waals surface area contributed by atoms with Crippen molar-refractivity contribution in [2.45, 2.75) is 88.6 Å². The lowest BCUT2D eigenvalue weighted by Crippen LogP contribution is -2.40. The second-order valence-corrected chi connectivity index (χ2v) is 12.7. The number of aromatic nitrogens is 2. The molecule has 2 bridgehead atoms. The summed E-state index contributed by atoms with van der Waals surface area (Å²) in [5, 5.41) is 12.6. The van der Waals surface area contributed by atoms with E-state index in [1.165, 1.54) is 55.2 Å². The molecule has 1 aromatic heterocycles. The van der Waals surface area contributed by atoms with E-state index in [0.717, 1.165) is 35.3 Å². The van der Waals surface area contributed by atoms with Crippen molar-refractivity contribution < 1.29 is 14.3 Å². The Morgan fingerprint density at radius 2 is 1.97 bits per heavy atom. The summed E-state index contributed by atoms with van der Waals surface area (Å²) in [6.45, 7) is 7.44. The summed E-state index contributed by atoms with van der Waals surface area (Å²) in [4.78, 5) is 26.9. The second kappa shape index (κ2) is 9.25. The number of esters is 1. The van der Waals surface area contributed by atoms with Crippen molar-refractivity contribution in [2.24, 2.45) is 10.8 Å². The minimum atomic E-state index is -0.385. The maximum Gasteiger partial charge on any atom is 0.316 e. The van der Waals surface area contributed by atoms with Gasteiger partial charge >= 0.3 is 5.97 Å². The van der Waals surface area contributed by atoms with Crippen LogP contribution in [0.5, 0.6) is 0 Å². The molecule has 1 aromatic rings. The molecule has 9 heteroatoms. The summed E-state index contributed by atoms with van der Waals surface area (Å²) in [5.41, 5.74) is 0.440. The number of anilines is 1. The predicted molar refractivity (Wildman–Crippen MR) is 123 cm³/mol. The minimum Gasteiger partial charge on any atom is -0.455 e. The molecule has 3 fully saturated rings. The van der Waals surface area contributed by atoms with Crippen LogP contribution in [0.25, 0.3) is 0 Å². The number of carbonyl (C=O) groups is 2. The van der Waals surface area contributed by atoms with Crippen LogP contribution in [0.4, 0.5) is 5.13 Å². The summed E-state index contributed by atoms with van der Waals surface area (Å²) in [6, 6.07) is 0.749. The van der Waals surface area contributed by atoms with Gasteiger partial charge in [0.05, 0.1) is 5.75 Å². The number of hydrogen-bond donors (Lipinski definition) is 1. The van der Waals surface area contributed by atoms with Crippen LogP contribution in [0.2, 0.25) is 0 Å². The van der Waals surface area contributed by atoms with E-state index in [1.807, 2.05) is 4.90 Å². The zero-order valence-electron chi connectivity index (χ0n) is 18.8. The molecular weight excluding hydrogens is 432 g/mol. The largest absolute Gasteiger partial charge is 0.455 e. The molecule has 2 saturated carbocycles. The lowest BCUT2D eigenvalue weighted by atomic mass is 9.65. The van der Waals surface area contributed by atoms with Crippen molar-refractivity contribution in [1.82, 2.24) is 15.1 Å². The second-order valence-electron chi connectivity index (χ2n) is 10.5. The molecule has 3 aliphatic rings. The number of nitrogens with one attached hydrogen (secondary N) is 1. The maximum absolute atomic E-state index is 12.7. The molecule has 0 aromatic carbocycles. The third kappa shape index (κ3) is 5.92. The van der Waals surface area contributed by atoms with Crippen LogP contribution in [-0.4, -0.2) is 58.0 Å². The number of likely N-dealkylation sites (tertiary alicyclic amines) is 1. The molecule has 0 radical (unpaired) electrons. The molecule has 2 heterocycles. The van der Waals surface area contributed by atoms with Crippen molar-refractivity contribution in [3.63, 3.8) is 0 Å². The first-order chi connectivity index (χ1) is 14.7. The molecule has 7 nitrogen and oxygen atoms in total. The fourth-order valence-corrected chi connectivity index (χ4v) is 7.51. The Morgan fingerprint density at radius 3 is 2.74 bits per heavy atom. The van der Waals surface area contributed by atoms with Gasteiger partial charge < -0.3 is 15.0 Å². The van der Waals surface area contributed by atoms with Crippen LogP contribution in [-0.2, 0) is 14.3 Å². The smallest absolute Gasteiger partial charge is 0.316 e. The first kappa shape index (κ1) is 22.8. The highest BCUT2D eigenvalue weighted by Crippen LogP contribution is 2.52. The highest BCUT2D eigenvalue weighted by Gasteiger charge is 2.50. The highest BCUT2D eigenvalue weighted by molar-refractivity contribution is 8.01. The van der Waals surface area contributed by atoms with Gasteiger partial charge in [0.1, 0.15) is 0 Å². The summed E-state index contributed by atoms with van der Waals surface area (Å²) in [6.07, 6.45) is 9.40. The Kier molecular flexibility index (Phi) is 6.82. The van der Waals surface area contributed by atoms with Gasteiger partial charge in [-0.25, -0.2) is 0 Å². The molecular formula is C22H34N4O3S2. The average molecular weight is 467 g/mol. The summed E-state index contributed by atoms with van der Waals surface area (Å²) in [5.74, 6) is -0.316. The first-order valence-electron chi connectivity index (χ1n) is 11.4. The van der Waals surface area contributed by atoms with Crippen molar-refractivity contribution >= 4 is 40.1 Å². The summed E-state index contributed by atoms with van der Waals surface area (Å²) in [7, 11) is 0. The molecule has 1 saturated heterocycles. The zero-order valence-corrected chi connectivity index (χ0v) is 20.4. The highest BCUT2D eigenvalue weighted by atomic mass is 32.2. The van der Waals surface area contributed by atoms with Crippen molar-refractivity contribution in [1.29, 1.82) is 0 Å². The van der Waals surface area contributed by atoms with Gasteiger partial charge in [-0.2, -0.15) is 0 Å². The van der Waals surface area contributed by atoms with Crippen LogP contribution in [0, 0.1) is 10.8 Å². The SMILES string of the molecule is CC1(C)CC2CC(C)(CN2C(=O)COC(=O)CSc2nnc(NC3CCCCC3)s2)C1. The van der Waals surface area contributed by atoms with Gasteiger partial charge in [-0.05, 0) is 42.9 Å². The number of thioether (sulfide) groups is 1. The van der Waals surface area contributed by atoms with E-state index < -0.39 is 0 Å². The minimum absolute atomic E-state index is 0.0698. The number of rotatable bonds is 7. The molecule has 172 valence electrons. The molecule has 2 aliphatic carbocycles. The first-order valence-corrected chi connectivity index (χ1v) is 13.2. The molecule has 4 rings (SSSR count). The number of ether oxygens (including phenoxy) is 1.